The topological polar surface area (TPSA) is 103 Å². The van der Waals surface area contributed by atoms with Crippen LogP contribution in [0.15, 0.2) is 60.8 Å². The Morgan fingerprint density at radius 3 is 2.53 bits per heavy atom. The molecule has 0 bridgehead atoms. The van der Waals surface area contributed by atoms with Gasteiger partial charge in [-0.25, -0.2) is 9.97 Å². The van der Waals surface area contributed by atoms with Gasteiger partial charge in [-0.15, -0.1) is 0 Å². The minimum Gasteiger partial charge on any atom is -0.369 e. The summed E-state index contributed by atoms with van der Waals surface area (Å²) in [6.45, 7) is 6.13. The van der Waals surface area contributed by atoms with Crippen LogP contribution in [-0.4, -0.2) is 59.0 Å². The number of hydrogen-bond donors (Lipinski definition) is 3. The summed E-state index contributed by atoms with van der Waals surface area (Å²) in [4.78, 5) is 29.3. The molecule has 0 saturated carbocycles. The molecular weight excluding hydrogens is 474 g/mol. The van der Waals surface area contributed by atoms with E-state index in [9.17, 15) is 4.79 Å². The molecule has 2 aromatic heterocycles. The number of hydrogen-bond acceptors (Lipinski definition) is 6. The summed E-state index contributed by atoms with van der Waals surface area (Å²) >= 11 is 6.22. The summed E-state index contributed by atoms with van der Waals surface area (Å²) in [6.07, 6.45) is 1.68. The first-order valence-electron chi connectivity index (χ1n) is 11.8. The van der Waals surface area contributed by atoms with Crippen molar-refractivity contribution in [1.82, 2.24) is 19.9 Å². The van der Waals surface area contributed by atoms with E-state index < -0.39 is 5.91 Å². The maximum atomic E-state index is 12.2. The van der Waals surface area contributed by atoms with Gasteiger partial charge >= 0.3 is 0 Å². The lowest BCUT2D eigenvalue weighted by Crippen LogP contribution is -2.44. The minimum absolute atomic E-state index is 0.378. The standard InChI is InChI=1S/C27H28ClN7O/c1-17-3-4-18(28)15-21(17)25-22(26(29)36)16-24(32-25)23-9-10-30-27(33-23)31-19-5-7-20(8-6-19)35-13-11-34(2)12-14-35/h3-10,15-16,32H,11-14H2,1-2H3,(H2,29,36)(H,30,31,33). The lowest BCUT2D eigenvalue weighted by atomic mass is 10.0. The molecule has 9 heteroatoms. The highest BCUT2D eigenvalue weighted by molar-refractivity contribution is 6.31. The Labute approximate surface area is 215 Å². The second-order valence-electron chi connectivity index (χ2n) is 9.02. The van der Waals surface area contributed by atoms with Crippen molar-refractivity contribution in [3.05, 3.63) is 76.9 Å². The van der Waals surface area contributed by atoms with Crippen LogP contribution < -0.4 is 16.0 Å². The molecule has 1 aliphatic heterocycles. The van der Waals surface area contributed by atoms with Crippen molar-refractivity contribution in [1.29, 1.82) is 0 Å². The Kier molecular flexibility index (Phi) is 6.63. The molecule has 1 fully saturated rings. The largest absolute Gasteiger partial charge is 0.369 e. The van der Waals surface area contributed by atoms with Gasteiger partial charge in [0, 0.05) is 54.3 Å². The minimum atomic E-state index is -0.528. The van der Waals surface area contributed by atoms with Crippen molar-refractivity contribution < 1.29 is 4.79 Å². The second-order valence-corrected chi connectivity index (χ2v) is 9.46. The van der Waals surface area contributed by atoms with Crippen LogP contribution in [-0.2, 0) is 0 Å². The number of amides is 1. The van der Waals surface area contributed by atoms with Crippen LogP contribution in [0, 0.1) is 6.92 Å². The predicted molar refractivity (Wildman–Crippen MR) is 145 cm³/mol. The van der Waals surface area contributed by atoms with E-state index in [0.29, 0.717) is 33.6 Å². The number of primary amides is 1. The molecule has 1 saturated heterocycles. The number of carbonyl (C=O) groups excluding carboxylic acids is 1. The fourth-order valence-electron chi connectivity index (χ4n) is 4.38. The van der Waals surface area contributed by atoms with E-state index in [1.54, 1.807) is 18.3 Å². The third-order valence-corrected chi connectivity index (χ3v) is 6.71. The van der Waals surface area contributed by atoms with Gasteiger partial charge in [0.2, 0.25) is 5.95 Å². The normalized spacial score (nSPS) is 14.1. The number of piperazine rings is 1. The molecule has 0 atom stereocenters. The van der Waals surface area contributed by atoms with Crippen LogP contribution in [0.1, 0.15) is 15.9 Å². The number of aryl methyl sites for hydroxylation is 1. The summed E-state index contributed by atoms with van der Waals surface area (Å²) in [7, 11) is 2.15. The van der Waals surface area contributed by atoms with E-state index >= 15 is 0 Å². The molecule has 5 rings (SSSR count). The molecule has 4 N–H and O–H groups in total. The number of rotatable bonds is 6. The van der Waals surface area contributed by atoms with Gasteiger partial charge in [-0.3, -0.25) is 4.79 Å². The van der Waals surface area contributed by atoms with Crippen LogP contribution >= 0.6 is 11.6 Å². The molecule has 0 spiro atoms. The number of H-pyrrole nitrogens is 1. The maximum absolute atomic E-state index is 12.2. The fraction of sp³-hybridized carbons (Fsp3) is 0.222. The zero-order chi connectivity index (χ0) is 25.2. The SMILES string of the molecule is Cc1ccc(Cl)cc1-c1[nH]c(-c2ccnc(Nc3ccc(N4CCN(C)CC4)cc3)n2)cc1C(N)=O. The van der Waals surface area contributed by atoms with Gasteiger partial charge in [0.25, 0.3) is 5.91 Å². The Morgan fingerprint density at radius 2 is 1.81 bits per heavy atom. The van der Waals surface area contributed by atoms with E-state index in [1.165, 1.54) is 5.69 Å². The fourth-order valence-corrected chi connectivity index (χ4v) is 4.55. The van der Waals surface area contributed by atoms with Crippen molar-refractivity contribution in [3.63, 3.8) is 0 Å². The number of carbonyl (C=O) groups is 1. The Balaban J connectivity index is 1.38. The van der Waals surface area contributed by atoms with E-state index in [1.807, 2.05) is 37.3 Å². The maximum Gasteiger partial charge on any atom is 0.250 e. The van der Waals surface area contributed by atoms with Gasteiger partial charge in [0.15, 0.2) is 0 Å². The molecule has 8 nitrogen and oxygen atoms in total. The zero-order valence-electron chi connectivity index (χ0n) is 20.3. The number of benzene rings is 2. The molecule has 4 aromatic rings. The zero-order valence-corrected chi connectivity index (χ0v) is 21.0. The molecule has 2 aromatic carbocycles. The van der Waals surface area contributed by atoms with Gasteiger partial charge in [-0.2, -0.15) is 0 Å². The molecule has 1 aliphatic rings. The Hall–Kier alpha value is -3.88. The Bertz CT molecular complexity index is 1390. The number of likely N-dealkylation sites (N-methyl/N-ethyl adjacent to an activating group) is 1. The van der Waals surface area contributed by atoms with Crippen molar-refractivity contribution >= 4 is 34.8 Å². The number of nitrogens with two attached hydrogens (primary N) is 1. The third kappa shape index (κ3) is 5.05. The van der Waals surface area contributed by atoms with Crippen molar-refractivity contribution in [2.45, 2.75) is 6.92 Å². The van der Waals surface area contributed by atoms with Gasteiger partial charge in [0.1, 0.15) is 0 Å². The number of aromatic nitrogens is 3. The highest BCUT2D eigenvalue weighted by Gasteiger charge is 2.18. The van der Waals surface area contributed by atoms with Crippen LogP contribution in [0.4, 0.5) is 17.3 Å². The van der Waals surface area contributed by atoms with Crippen LogP contribution in [0.2, 0.25) is 5.02 Å². The Morgan fingerprint density at radius 1 is 1.06 bits per heavy atom. The molecule has 1 amide bonds. The molecule has 36 heavy (non-hydrogen) atoms. The summed E-state index contributed by atoms with van der Waals surface area (Å²) in [6, 6.07) is 17.3. The molecule has 0 aliphatic carbocycles. The number of nitrogens with one attached hydrogen (secondary N) is 2. The molecule has 184 valence electrons. The highest BCUT2D eigenvalue weighted by Crippen LogP contribution is 2.32. The molecule has 0 radical (unpaired) electrons. The van der Waals surface area contributed by atoms with Gasteiger partial charge in [-0.05, 0) is 68.1 Å². The van der Waals surface area contributed by atoms with Crippen molar-refractivity contribution in [2.24, 2.45) is 5.73 Å². The van der Waals surface area contributed by atoms with Gasteiger partial charge in [-0.1, -0.05) is 17.7 Å². The summed E-state index contributed by atoms with van der Waals surface area (Å²) in [5, 5.41) is 3.85. The predicted octanol–water partition coefficient (Wildman–Crippen LogP) is 4.69. The monoisotopic (exact) mass is 501 g/mol. The lowest BCUT2D eigenvalue weighted by Gasteiger charge is -2.34. The highest BCUT2D eigenvalue weighted by atomic mass is 35.5. The number of anilines is 3. The van der Waals surface area contributed by atoms with Gasteiger partial charge < -0.3 is 25.8 Å². The second kappa shape index (κ2) is 10.0. The first-order chi connectivity index (χ1) is 17.4. The molecule has 3 heterocycles. The summed E-state index contributed by atoms with van der Waals surface area (Å²) in [5.41, 5.74) is 11.9. The number of halogens is 1. The third-order valence-electron chi connectivity index (χ3n) is 6.48. The molecule has 0 unspecified atom stereocenters. The first-order valence-corrected chi connectivity index (χ1v) is 12.2. The number of nitrogens with zero attached hydrogens (tertiary/aromatic N) is 4. The molecular formula is C27H28ClN7O. The van der Waals surface area contributed by atoms with Crippen molar-refractivity contribution in [3.8, 4) is 22.6 Å². The number of aromatic amines is 1. The van der Waals surface area contributed by atoms with Crippen LogP contribution in [0.3, 0.4) is 0 Å². The van der Waals surface area contributed by atoms with Crippen molar-refractivity contribution in [2.75, 3.05) is 43.4 Å². The van der Waals surface area contributed by atoms with E-state index in [0.717, 1.165) is 43.0 Å². The van der Waals surface area contributed by atoms with Crippen LogP contribution in [0.25, 0.3) is 22.6 Å². The smallest absolute Gasteiger partial charge is 0.250 e. The van der Waals surface area contributed by atoms with E-state index in [-0.39, 0.29) is 0 Å². The summed E-state index contributed by atoms with van der Waals surface area (Å²) in [5.74, 6) is -0.0738. The lowest BCUT2D eigenvalue weighted by molar-refractivity contribution is 0.100. The van der Waals surface area contributed by atoms with Gasteiger partial charge in [0.05, 0.1) is 22.6 Å². The summed E-state index contributed by atoms with van der Waals surface area (Å²) < 4.78 is 0. The average Bonchev–Trinajstić information content (AvgIpc) is 3.33. The van der Waals surface area contributed by atoms with Crippen LogP contribution in [0.5, 0.6) is 0 Å². The van der Waals surface area contributed by atoms with E-state index in [4.69, 9.17) is 17.3 Å². The first kappa shape index (κ1) is 23.8. The average molecular weight is 502 g/mol. The quantitative estimate of drug-likeness (QED) is 0.354. The van der Waals surface area contributed by atoms with E-state index in [2.05, 4.69) is 49.2 Å².